The highest BCUT2D eigenvalue weighted by Gasteiger charge is 2.34. The molecule has 34 heavy (non-hydrogen) atoms. The van der Waals surface area contributed by atoms with Crippen LogP contribution in [0.4, 0.5) is 17.3 Å². The van der Waals surface area contributed by atoms with Crippen LogP contribution in [0.2, 0.25) is 0 Å². The van der Waals surface area contributed by atoms with Gasteiger partial charge in [0.1, 0.15) is 17.5 Å². The van der Waals surface area contributed by atoms with E-state index in [-0.39, 0.29) is 5.97 Å². The van der Waals surface area contributed by atoms with Crippen molar-refractivity contribution in [2.45, 2.75) is 13.0 Å². The maximum Gasteiger partial charge on any atom is 0.329 e. The van der Waals surface area contributed by atoms with Crippen LogP contribution in [-0.2, 0) is 14.3 Å². The summed E-state index contributed by atoms with van der Waals surface area (Å²) in [5.74, 6) is 3.83. The molecule has 1 atom stereocenters. The number of carbonyl (C=O) groups is 1. The number of methoxy groups -OCH3 is 1. The number of rotatable bonds is 7. The van der Waals surface area contributed by atoms with Crippen molar-refractivity contribution < 1.29 is 19.0 Å². The fraction of sp³-hybridized carbons (Fsp3) is 0.458. The highest BCUT2D eigenvalue weighted by atomic mass is 32.2. The van der Waals surface area contributed by atoms with Gasteiger partial charge in [-0.25, -0.2) is 14.8 Å². The first-order valence-electron chi connectivity index (χ1n) is 11.4. The Morgan fingerprint density at radius 2 is 1.91 bits per heavy atom. The van der Waals surface area contributed by atoms with Crippen molar-refractivity contribution in [2.75, 3.05) is 73.6 Å². The smallest absolute Gasteiger partial charge is 0.329 e. The van der Waals surface area contributed by atoms with Gasteiger partial charge in [-0.05, 0) is 30.7 Å². The summed E-state index contributed by atoms with van der Waals surface area (Å²) in [6, 6.07) is 7.31. The normalized spacial score (nSPS) is 18.8. The van der Waals surface area contributed by atoms with Crippen molar-refractivity contribution >= 4 is 47.2 Å². The van der Waals surface area contributed by atoms with Crippen LogP contribution in [0.1, 0.15) is 18.3 Å². The Labute approximate surface area is 204 Å². The standard InChI is InChI=1S/C24H31N5O4S/c1-3-33-24(30)19-16-34-15-12-29(19)23-21(25)22(28-10-13-32-14-11-28)26-20(27-23)9-6-17-4-7-18(31-2)8-5-17/h4-9,19H,3,10-16,25H2,1-2H3/b9-6+. The van der Waals surface area contributed by atoms with Crippen LogP contribution in [0.5, 0.6) is 5.75 Å². The molecule has 0 bridgehead atoms. The first-order chi connectivity index (χ1) is 16.6. The summed E-state index contributed by atoms with van der Waals surface area (Å²) in [7, 11) is 1.64. The fourth-order valence-corrected chi connectivity index (χ4v) is 4.98. The highest BCUT2D eigenvalue weighted by molar-refractivity contribution is 7.99. The molecule has 1 aromatic carbocycles. The number of nitrogens with two attached hydrogens (primary N) is 1. The minimum Gasteiger partial charge on any atom is -0.497 e. The molecule has 9 nitrogen and oxygen atoms in total. The van der Waals surface area contributed by atoms with Crippen molar-refractivity contribution in [1.29, 1.82) is 0 Å². The minimum atomic E-state index is -0.438. The number of thioether (sulfide) groups is 1. The van der Waals surface area contributed by atoms with Crippen LogP contribution in [0.15, 0.2) is 24.3 Å². The second-order valence-electron chi connectivity index (χ2n) is 7.88. The molecule has 0 spiro atoms. The van der Waals surface area contributed by atoms with E-state index in [1.807, 2.05) is 48.2 Å². The monoisotopic (exact) mass is 485 g/mol. The maximum atomic E-state index is 12.7. The van der Waals surface area contributed by atoms with Crippen LogP contribution < -0.4 is 20.3 Å². The van der Waals surface area contributed by atoms with Gasteiger partial charge in [-0.1, -0.05) is 18.2 Å². The van der Waals surface area contributed by atoms with E-state index in [1.165, 1.54) is 0 Å². The number of nitrogen functional groups attached to an aromatic ring is 1. The predicted octanol–water partition coefficient (Wildman–Crippen LogP) is 2.56. The number of anilines is 3. The van der Waals surface area contributed by atoms with Crippen LogP contribution in [0.25, 0.3) is 12.2 Å². The quantitative estimate of drug-likeness (QED) is 0.589. The lowest BCUT2D eigenvalue weighted by Gasteiger charge is -2.36. The molecule has 2 aliphatic rings. The lowest BCUT2D eigenvalue weighted by molar-refractivity contribution is -0.144. The number of hydrogen-bond acceptors (Lipinski definition) is 10. The molecule has 1 unspecified atom stereocenters. The second-order valence-corrected chi connectivity index (χ2v) is 9.03. The Kier molecular flexibility index (Phi) is 8.12. The van der Waals surface area contributed by atoms with Gasteiger partial charge in [-0.2, -0.15) is 11.8 Å². The van der Waals surface area contributed by atoms with Gasteiger partial charge in [0.15, 0.2) is 17.5 Å². The van der Waals surface area contributed by atoms with E-state index in [9.17, 15) is 4.79 Å². The van der Waals surface area contributed by atoms with Gasteiger partial charge < -0.3 is 29.7 Å². The predicted molar refractivity (Wildman–Crippen MR) is 136 cm³/mol. The zero-order valence-corrected chi connectivity index (χ0v) is 20.4. The van der Waals surface area contributed by atoms with E-state index >= 15 is 0 Å². The van der Waals surface area contributed by atoms with Gasteiger partial charge in [0.2, 0.25) is 0 Å². The van der Waals surface area contributed by atoms with Gasteiger partial charge in [-0.3, -0.25) is 0 Å². The van der Waals surface area contributed by atoms with E-state index in [2.05, 4.69) is 4.90 Å². The average Bonchev–Trinajstić information content (AvgIpc) is 2.89. The summed E-state index contributed by atoms with van der Waals surface area (Å²) >= 11 is 1.73. The van der Waals surface area contributed by atoms with E-state index < -0.39 is 6.04 Å². The summed E-state index contributed by atoms with van der Waals surface area (Å²) < 4.78 is 16.1. The van der Waals surface area contributed by atoms with Gasteiger partial charge in [0.05, 0.1) is 26.9 Å². The van der Waals surface area contributed by atoms with Crippen molar-refractivity contribution in [1.82, 2.24) is 9.97 Å². The molecule has 3 heterocycles. The summed E-state index contributed by atoms with van der Waals surface area (Å²) in [5.41, 5.74) is 8.11. The molecule has 182 valence electrons. The molecule has 2 N–H and O–H groups in total. The topological polar surface area (TPSA) is 103 Å². The number of hydrogen-bond donors (Lipinski definition) is 1. The number of ether oxygens (including phenoxy) is 3. The largest absolute Gasteiger partial charge is 0.497 e. The molecular formula is C24H31N5O4S. The molecule has 0 radical (unpaired) electrons. The summed E-state index contributed by atoms with van der Waals surface area (Å²) in [5, 5.41) is 0. The number of aromatic nitrogens is 2. The first-order valence-corrected chi connectivity index (χ1v) is 12.6. The summed E-state index contributed by atoms with van der Waals surface area (Å²) in [4.78, 5) is 26.4. The van der Waals surface area contributed by atoms with Crippen molar-refractivity contribution in [2.24, 2.45) is 0 Å². The van der Waals surface area contributed by atoms with Crippen LogP contribution in [0, 0.1) is 0 Å². The zero-order chi connectivity index (χ0) is 23.9. The number of nitrogens with zero attached hydrogens (tertiary/aromatic N) is 4. The molecule has 10 heteroatoms. The molecule has 0 saturated carbocycles. The molecule has 0 aliphatic carbocycles. The van der Waals surface area contributed by atoms with Crippen molar-refractivity contribution in [3.63, 3.8) is 0 Å². The lowest BCUT2D eigenvalue weighted by atomic mass is 10.2. The highest BCUT2D eigenvalue weighted by Crippen LogP contribution is 2.34. The van der Waals surface area contributed by atoms with E-state index in [4.69, 9.17) is 29.9 Å². The molecule has 1 aromatic heterocycles. The third-order valence-corrected chi connectivity index (χ3v) is 6.76. The lowest BCUT2D eigenvalue weighted by Crippen LogP contribution is -2.49. The van der Waals surface area contributed by atoms with Crippen LogP contribution in [-0.4, -0.2) is 80.0 Å². The Morgan fingerprint density at radius 3 is 2.62 bits per heavy atom. The Morgan fingerprint density at radius 1 is 1.18 bits per heavy atom. The van der Waals surface area contributed by atoms with Gasteiger partial charge in [-0.15, -0.1) is 0 Å². The minimum absolute atomic E-state index is 0.254. The molecule has 2 fully saturated rings. The van der Waals surface area contributed by atoms with Gasteiger partial charge in [0.25, 0.3) is 0 Å². The van der Waals surface area contributed by atoms with Crippen LogP contribution in [0.3, 0.4) is 0 Å². The third kappa shape index (κ3) is 5.56. The molecular weight excluding hydrogens is 454 g/mol. The number of morpholine rings is 1. The molecule has 0 amide bonds. The Bertz CT molecular complexity index is 1010. The fourth-order valence-electron chi connectivity index (χ4n) is 3.95. The van der Waals surface area contributed by atoms with Crippen molar-refractivity contribution in [3.05, 3.63) is 35.7 Å². The summed E-state index contributed by atoms with van der Waals surface area (Å²) in [6.07, 6.45) is 3.82. The second kappa shape index (κ2) is 11.4. The molecule has 2 aromatic rings. The van der Waals surface area contributed by atoms with E-state index in [0.717, 1.165) is 17.1 Å². The number of carbonyl (C=O) groups excluding carboxylic acids is 1. The van der Waals surface area contributed by atoms with Gasteiger partial charge >= 0.3 is 5.97 Å². The van der Waals surface area contributed by atoms with E-state index in [0.29, 0.717) is 68.4 Å². The molecule has 4 rings (SSSR count). The van der Waals surface area contributed by atoms with Gasteiger partial charge in [0, 0.05) is 31.1 Å². The number of benzene rings is 1. The van der Waals surface area contributed by atoms with E-state index in [1.54, 1.807) is 18.9 Å². The zero-order valence-electron chi connectivity index (χ0n) is 19.6. The third-order valence-electron chi connectivity index (χ3n) is 5.73. The molecule has 2 saturated heterocycles. The average molecular weight is 486 g/mol. The molecule has 2 aliphatic heterocycles. The Balaban J connectivity index is 1.71. The summed E-state index contributed by atoms with van der Waals surface area (Å²) in [6.45, 7) is 5.42. The van der Waals surface area contributed by atoms with Crippen molar-refractivity contribution in [3.8, 4) is 5.75 Å². The Hall–Kier alpha value is -2.98. The number of esters is 1. The maximum absolute atomic E-state index is 12.7. The first kappa shape index (κ1) is 24.2. The van der Waals surface area contributed by atoms with Crippen LogP contribution >= 0.6 is 11.8 Å². The SMILES string of the molecule is CCOC(=O)C1CSCCN1c1nc(/C=C/c2ccc(OC)cc2)nc(N2CCOCC2)c1N.